The van der Waals surface area contributed by atoms with Crippen LogP contribution in [-0.2, 0) is 7.05 Å². The minimum Gasteiger partial charge on any atom is -0.489 e. The predicted molar refractivity (Wildman–Crippen MR) is 111 cm³/mol. The predicted octanol–water partition coefficient (Wildman–Crippen LogP) is 3.74. The van der Waals surface area contributed by atoms with Crippen LogP contribution in [0.5, 0.6) is 11.5 Å². The lowest BCUT2D eigenvalue weighted by atomic mass is 10.2. The van der Waals surface area contributed by atoms with E-state index in [-0.39, 0.29) is 28.8 Å². The summed E-state index contributed by atoms with van der Waals surface area (Å²) in [6.07, 6.45) is 3.76. The largest absolute Gasteiger partial charge is 0.489 e. The molecular weight excluding hydrogens is 424 g/mol. The molecule has 9 nitrogen and oxygen atoms in total. The monoisotopic (exact) mass is 447 g/mol. The van der Waals surface area contributed by atoms with Crippen molar-refractivity contribution in [3.63, 3.8) is 0 Å². The average molecular weight is 447 g/mol. The van der Waals surface area contributed by atoms with Crippen molar-refractivity contribution in [1.29, 1.82) is 0 Å². The molecule has 0 bridgehead atoms. The number of benzene rings is 1. The number of nitrogens with two attached hydrogens (primary N) is 1. The molecule has 0 saturated heterocycles. The maximum Gasteiger partial charge on any atom is 0.387 e. The van der Waals surface area contributed by atoms with Gasteiger partial charge in [0.05, 0.1) is 12.6 Å². The van der Waals surface area contributed by atoms with Crippen molar-refractivity contribution in [2.75, 3.05) is 11.9 Å². The molecule has 11 heteroatoms. The first-order valence-corrected chi connectivity index (χ1v) is 10.1. The number of halogens is 2. The van der Waals surface area contributed by atoms with Crippen LogP contribution in [0.4, 0.5) is 14.6 Å². The number of amides is 1. The van der Waals surface area contributed by atoms with Gasteiger partial charge in [0.15, 0.2) is 28.8 Å². The van der Waals surface area contributed by atoms with E-state index in [0.29, 0.717) is 23.9 Å². The number of carbonyl (C=O) groups is 1. The number of aryl methyl sites for hydroxylation is 1. The number of rotatable bonds is 9. The third-order valence-electron chi connectivity index (χ3n) is 4.82. The van der Waals surface area contributed by atoms with Crippen molar-refractivity contribution < 1.29 is 27.5 Å². The summed E-state index contributed by atoms with van der Waals surface area (Å²) >= 11 is 0. The van der Waals surface area contributed by atoms with E-state index >= 15 is 0 Å². The second-order valence-corrected chi connectivity index (χ2v) is 7.64. The Morgan fingerprint density at radius 3 is 2.75 bits per heavy atom. The number of carbonyl (C=O) groups excluding carboxylic acids is 1. The van der Waals surface area contributed by atoms with Crippen LogP contribution in [0.1, 0.15) is 42.1 Å². The van der Waals surface area contributed by atoms with Gasteiger partial charge in [-0.1, -0.05) is 0 Å². The van der Waals surface area contributed by atoms with Gasteiger partial charge in [0.1, 0.15) is 0 Å². The Morgan fingerprint density at radius 1 is 1.34 bits per heavy atom. The lowest BCUT2D eigenvalue weighted by molar-refractivity contribution is -0.0515. The highest BCUT2D eigenvalue weighted by Gasteiger charge is 2.26. The van der Waals surface area contributed by atoms with Gasteiger partial charge >= 0.3 is 6.61 Å². The highest BCUT2D eigenvalue weighted by Crippen LogP contribution is 2.37. The van der Waals surface area contributed by atoms with E-state index in [0.717, 1.165) is 12.8 Å². The number of anilines is 1. The fourth-order valence-corrected chi connectivity index (χ4v) is 3.02. The molecule has 1 aromatic carbocycles. The van der Waals surface area contributed by atoms with Crippen molar-refractivity contribution in [3.05, 3.63) is 41.9 Å². The van der Waals surface area contributed by atoms with Crippen LogP contribution in [-0.4, -0.2) is 33.9 Å². The molecule has 3 aromatic rings. The van der Waals surface area contributed by atoms with Crippen LogP contribution in [0.25, 0.3) is 11.5 Å². The quantitative estimate of drug-likeness (QED) is 0.513. The van der Waals surface area contributed by atoms with E-state index in [4.69, 9.17) is 14.9 Å². The fourth-order valence-electron chi connectivity index (χ4n) is 3.02. The van der Waals surface area contributed by atoms with Gasteiger partial charge < -0.3 is 24.9 Å². The Bertz CT molecular complexity index is 1110. The Labute approximate surface area is 182 Å². The number of oxazole rings is 1. The van der Waals surface area contributed by atoms with Gasteiger partial charge in [0.25, 0.3) is 5.91 Å². The van der Waals surface area contributed by atoms with Crippen molar-refractivity contribution in [2.24, 2.45) is 18.7 Å². The Morgan fingerprint density at radius 2 is 2.12 bits per heavy atom. The van der Waals surface area contributed by atoms with Gasteiger partial charge in [-0.25, -0.2) is 4.98 Å². The molecular formula is C21H23F2N5O4. The van der Waals surface area contributed by atoms with Crippen LogP contribution in [0.15, 0.2) is 34.9 Å². The third-order valence-corrected chi connectivity index (χ3v) is 4.82. The third kappa shape index (κ3) is 5.05. The molecule has 1 saturated carbocycles. The molecule has 0 aliphatic heterocycles. The molecule has 3 N–H and O–H groups in total. The molecule has 4 rings (SSSR count). The fraction of sp³-hybridized carbons (Fsp3) is 0.381. The maximum atomic E-state index is 12.8. The molecule has 1 atom stereocenters. The zero-order valence-electron chi connectivity index (χ0n) is 17.5. The summed E-state index contributed by atoms with van der Waals surface area (Å²) in [6.45, 7) is -0.930. The van der Waals surface area contributed by atoms with E-state index in [1.807, 2.05) is 0 Å². The summed E-state index contributed by atoms with van der Waals surface area (Å²) in [5.41, 5.74) is 6.41. The summed E-state index contributed by atoms with van der Waals surface area (Å²) in [5, 5.41) is 6.75. The van der Waals surface area contributed by atoms with E-state index in [1.165, 1.54) is 18.2 Å². The molecule has 0 radical (unpaired) electrons. The SMILES string of the molecule is C[C@H](N)c1oc(-c2ccc(OC(F)F)c(OCC3CC3)c2)nc1C(=O)Nc1ccn(C)n1. The van der Waals surface area contributed by atoms with Crippen LogP contribution in [0.2, 0.25) is 0 Å². The summed E-state index contributed by atoms with van der Waals surface area (Å²) in [6, 6.07) is 5.37. The molecule has 1 aliphatic rings. The van der Waals surface area contributed by atoms with Crippen molar-refractivity contribution in [2.45, 2.75) is 32.4 Å². The van der Waals surface area contributed by atoms with Crippen molar-refractivity contribution in [1.82, 2.24) is 14.8 Å². The number of ether oxygens (including phenoxy) is 2. The first kappa shape index (κ1) is 21.8. The number of nitrogens with zero attached hydrogens (tertiary/aromatic N) is 3. The van der Waals surface area contributed by atoms with Crippen molar-refractivity contribution >= 4 is 11.7 Å². The summed E-state index contributed by atoms with van der Waals surface area (Å²) in [4.78, 5) is 17.1. The number of hydrogen-bond donors (Lipinski definition) is 2. The maximum absolute atomic E-state index is 12.8. The normalized spacial score (nSPS) is 14.4. The van der Waals surface area contributed by atoms with E-state index in [1.54, 1.807) is 30.9 Å². The summed E-state index contributed by atoms with van der Waals surface area (Å²) in [7, 11) is 1.72. The topological polar surface area (TPSA) is 117 Å². The standard InChI is InChI=1S/C21H23F2N5O4/c1-11(24)18-17(19(29)25-16-7-8-28(2)27-16)26-20(32-18)13-5-6-14(31-21(22)23)15(9-13)30-10-12-3-4-12/h5-9,11-12,21H,3-4,10,24H2,1-2H3,(H,25,27,29)/t11-/m0/s1. The van der Waals surface area contributed by atoms with Crippen LogP contribution in [0, 0.1) is 5.92 Å². The summed E-state index contributed by atoms with van der Waals surface area (Å²) in [5.74, 6) is 0.568. The smallest absolute Gasteiger partial charge is 0.387 e. The summed E-state index contributed by atoms with van der Waals surface area (Å²) < 4.78 is 43.1. The molecule has 0 spiro atoms. The van der Waals surface area contributed by atoms with E-state index in [9.17, 15) is 13.6 Å². The van der Waals surface area contributed by atoms with Gasteiger partial charge in [0.2, 0.25) is 5.89 Å². The molecule has 1 aliphatic carbocycles. The van der Waals surface area contributed by atoms with E-state index < -0.39 is 18.6 Å². The first-order valence-electron chi connectivity index (χ1n) is 10.1. The van der Waals surface area contributed by atoms with Crippen LogP contribution < -0.4 is 20.5 Å². The van der Waals surface area contributed by atoms with E-state index in [2.05, 4.69) is 20.1 Å². The zero-order valence-corrected chi connectivity index (χ0v) is 17.5. The number of hydrogen-bond acceptors (Lipinski definition) is 7. The van der Waals surface area contributed by atoms with Crippen molar-refractivity contribution in [3.8, 4) is 23.0 Å². The van der Waals surface area contributed by atoms with Gasteiger partial charge in [-0.2, -0.15) is 13.9 Å². The highest BCUT2D eigenvalue weighted by atomic mass is 19.3. The molecule has 170 valence electrons. The minimum absolute atomic E-state index is 0.00834. The zero-order chi connectivity index (χ0) is 22.8. The first-order chi connectivity index (χ1) is 15.3. The van der Waals surface area contributed by atoms with Gasteiger partial charge in [-0.3, -0.25) is 9.48 Å². The number of aromatic nitrogens is 3. The average Bonchev–Trinajstić information content (AvgIpc) is 3.30. The minimum atomic E-state index is -2.99. The molecule has 2 aromatic heterocycles. The molecule has 32 heavy (non-hydrogen) atoms. The molecule has 0 unspecified atom stereocenters. The Balaban J connectivity index is 1.63. The lowest BCUT2D eigenvalue weighted by Crippen LogP contribution is -2.17. The second-order valence-electron chi connectivity index (χ2n) is 7.64. The van der Waals surface area contributed by atoms with Gasteiger partial charge in [-0.05, 0) is 43.9 Å². The Kier molecular flexibility index (Phi) is 6.08. The lowest BCUT2D eigenvalue weighted by Gasteiger charge is -2.12. The number of alkyl halides is 2. The van der Waals surface area contributed by atoms with Gasteiger partial charge in [-0.15, -0.1) is 0 Å². The second kappa shape index (κ2) is 8.95. The molecule has 1 fully saturated rings. The molecule has 1 amide bonds. The van der Waals surface area contributed by atoms with Crippen LogP contribution >= 0.6 is 0 Å². The highest BCUT2D eigenvalue weighted by molar-refractivity contribution is 6.03. The van der Waals surface area contributed by atoms with Crippen LogP contribution in [0.3, 0.4) is 0 Å². The van der Waals surface area contributed by atoms with Gasteiger partial charge in [0, 0.05) is 24.9 Å². The Hall–Kier alpha value is -3.47. The molecule has 2 heterocycles. The number of nitrogens with one attached hydrogen (secondary N) is 1.